The van der Waals surface area contributed by atoms with E-state index in [-0.39, 0.29) is 104 Å². The van der Waals surface area contributed by atoms with Crippen LogP contribution in [0.25, 0.3) is 0 Å². The van der Waals surface area contributed by atoms with E-state index in [2.05, 4.69) is 0 Å². The van der Waals surface area contributed by atoms with Gasteiger partial charge in [-0.25, -0.2) is 0 Å². The van der Waals surface area contributed by atoms with Gasteiger partial charge in [-0.15, -0.1) is 0 Å². The van der Waals surface area contributed by atoms with Crippen LogP contribution in [0.2, 0.25) is 0 Å². The molecule has 33 heavy (non-hydrogen) atoms. The minimum atomic E-state index is -1.31. The van der Waals surface area contributed by atoms with Crippen LogP contribution in [0.4, 0.5) is 0 Å². The van der Waals surface area contributed by atoms with Gasteiger partial charge >= 0.3 is 39.9 Å². The minimum Gasteiger partial charge on any atom is -0.549 e. The van der Waals surface area contributed by atoms with Gasteiger partial charge in [-0.1, -0.05) is 0 Å². The van der Waals surface area contributed by atoms with E-state index in [9.17, 15) is 45.0 Å². The van der Waals surface area contributed by atoms with Gasteiger partial charge in [0, 0.05) is 72.0 Å². The van der Waals surface area contributed by atoms with Crippen molar-refractivity contribution in [2.45, 2.75) is 12.1 Å². The van der Waals surface area contributed by atoms with Crippen molar-refractivity contribution < 1.29 is 90.4 Å². The van der Waals surface area contributed by atoms with Crippen LogP contribution in [0, 0.1) is 39.9 Å². The first-order chi connectivity index (χ1) is 14.7. The van der Waals surface area contributed by atoms with E-state index < -0.39 is 56.4 Å². The van der Waals surface area contributed by atoms with E-state index in [1.165, 1.54) is 4.90 Å². The topological polar surface area (TPSA) is 226 Å². The Hall–Kier alpha value is -0.585. The van der Waals surface area contributed by atoms with Crippen LogP contribution in [-0.4, -0.2) is 156 Å². The number of rotatable bonds is 10. The fourth-order valence-corrected chi connectivity index (χ4v) is 3.51. The third kappa shape index (κ3) is 14.4. The van der Waals surface area contributed by atoms with Gasteiger partial charge in [-0.05, 0) is 0 Å². The first kappa shape index (κ1) is 34.6. The average Bonchev–Trinajstić information content (AvgIpc) is 2.68. The van der Waals surface area contributed by atoms with Crippen LogP contribution in [-0.2, 0) is 14.4 Å². The van der Waals surface area contributed by atoms with Crippen molar-refractivity contribution in [2.75, 3.05) is 85.2 Å². The number of aliphatic hydroxyl groups is 3. The zero-order valence-electron chi connectivity index (χ0n) is 18.3. The van der Waals surface area contributed by atoms with Gasteiger partial charge in [0.25, 0.3) is 0 Å². The van der Waals surface area contributed by atoms with Gasteiger partial charge < -0.3 is 50.5 Å². The Labute approximate surface area is 224 Å². The summed E-state index contributed by atoms with van der Waals surface area (Å²) in [5, 5.41) is 62.3. The van der Waals surface area contributed by atoms with Crippen molar-refractivity contribution in [2.24, 2.45) is 0 Å². The van der Waals surface area contributed by atoms with Crippen LogP contribution in [0.3, 0.4) is 0 Å². The number of nitrogens with zero attached hydrogens (tertiary/aromatic N) is 4. The molecule has 1 radical (unpaired) electrons. The second-order valence-corrected chi connectivity index (χ2v) is 7.48. The van der Waals surface area contributed by atoms with E-state index in [1.54, 1.807) is 14.7 Å². The third-order valence-electron chi connectivity index (χ3n) is 5.22. The first-order valence-corrected chi connectivity index (χ1v) is 10.1. The maximum absolute atomic E-state index is 11.1. The molecule has 193 valence electrons. The van der Waals surface area contributed by atoms with E-state index in [0.717, 1.165) is 0 Å². The van der Waals surface area contributed by atoms with Crippen LogP contribution in [0.1, 0.15) is 0 Å². The number of aliphatic hydroxyl groups excluding tert-OH is 3. The van der Waals surface area contributed by atoms with E-state index >= 15 is 0 Å². The molecule has 0 aromatic rings. The number of hydrogen-bond acceptors (Lipinski definition) is 13. The van der Waals surface area contributed by atoms with Gasteiger partial charge in [-0.3, -0.25) is 19.6 Å². The normalized spacial score (nSPS) is 19.7. The smallest absolute Gasteiger partial charge is 0.549 e. The Morgan fingerprint density at radius 1 is 0.667 bits per heavy atom. The average molecular weight is 623 g/mol. The second kappa shape index (κ2) is 18.7. The zero-order valence-corrected chi connectivity index (χ0v) is 20.5. The molecule has 1 aliphatic heterocycles. The molecule has 1 fully saturated rings. The number of hydrogen-bond donors (Lipinski definition) is 3. The summed E-state index contributed by atoms with van der Waals surface area (Å²) >= 11 is 0. The summed E-state index contributed by atoms with van der Waals surface area (Å²) in [6.45, 7) is -0.648. The molecule has 2 atom stereocenters. The summed E-state index contributed by atoms with van der Waals surface area (Å²) in [5.41, 5.74) is 0. The summed E-state index contributed by atoms with van der Waals surface area (Å²) in [6.07, 6.45) is -1.25. The molecule has 1 aliphatic rings. The van der Waals surface area contributed by atoms with Crippen LogP contribution in [0.15, 0.2) is 0 Å². The van der Waals surface area contributed by atoms with Gasteiger partial charge in [0.15, 0.2) is 0 Å². The molecule has 0 aromatic heterocycles. The summed E-state index contributed by atoms with van der Waals surface area (Å²) in [4.78, 5) is 39.5. The Balaban J connectivity index is 0. The molecular weight excluding hydrogens is 589 g/mol. The summed E-state index contributed by atoms with van der Waals surface area (Å²) < 4.78 is 0. The quantitative estimate of drug-likeness (QED) is 0.206. The summed E-state index contributed by atoms with van der Waals surface area (Å²) in [5.74, 6) is -3.92. The van der Waals surface area contributed by atoms with Crippen molar-refractivity contribution in [3.63, 3.8) is 0 Å². The van der Waals surface area contributed by atoms with Gasteiger partial charge in [0.1, 0.15) is 0 Å². The van der Waals surface area contributed by atoms with Crippen LogP contribution in [0.5, 0.6) is 0 Å². The number of carboxylic acids is 3. The van der Waals surface area contributed by atoms with Crippen molar-refractivity contribution in [3.8, 4) is 0 Å². The van der Waals surface area contributed by atoms with Crippen molar-refractivity contribution >= 4 is 17.9 Å². The summed E-state index contributed by atoms with van der Waals surface area (Å²) in [6, 6.07) is -0.836. The largest absolute Gasteiger partial charge is 3.00 e. The van der Waals surface area contributed by atoms with E-state index in [0.29, 0.717) is 0 Å². The number of carboxylic acid groups (broad SMARTS) is 3. The molecule has 1 saturated heterocycles. The Morgan fingerprint density at radius 3 is 1.21 bits per heavy atom. The first-order valence-electron chi connectivity index (χ1n) is 10.1. The Bertz CT molecular complexity index is 556. The molecule has 0 bridgehead atoms. The maximum Gasteiger partial charge on any atom is 3.00 e. The SMILES string of the molecule is O.O=C([O-])CN1CCN(CC(=O)[O-])CCN([C@H](CO)[C@H](O)CO)CCN(CC(=O)[O-])CC1.[Gd+3]. The standard InChI is InChI=1S/C18H34N4O9.Gd.H2O/c23-12-14(15(25)13-24)22-7-5-20(10-17(28)29)3-1-19(9-16(26)27)2-4-21(6-8-22)11-18(30)31;;/h14-15,23-25H,1-13H2,(H,26,27)(H,28,29)(H,30,31);;1H2/q;+3;/p-3/t14-,15-;;/m1../s1. The molecule has 14 nitrogen and oxygen atoms in total. The maximum atomic E-state index is 11.1. The number of carbonyl (C=O) groups excluding carboxylic acids is 3. The van der Waals surface area contributed by atoms with Crippen LogP contribution < -0.4 is 15.3 Å². The molecule has 0 aromatic carbocycles. The van der Waals surface area contributed by atoms with Crippen molar-refractivity contribution in [3.05, 3.63) is 0 Å². The number of carbonyl (C=O) groups is 3. The monoisotopic (exact) mass is 623 g/mol. The fourth-order valence-electron chi connectivity index (χ4n) is 3.51. The summed E-state index contributed by atoms with van der Waals surface area (Å²) in [7, 11) is 0. The molecule has 0 spiro atoms. The second-order valence-electron chi connectivity index (χ2n) is 7.48. The predicted octanol–water partition coefficient (Wildman–Crippen LogP) is -8.65. The number of aliphatic carboxylic acids is 3. The van der Waals surface area contributed by atoms with Gasteiger partial charge in [0.2, 0.25) is 0 Å². The van der Waals surface area contributed by atoms with Gasteiger partial charge in [-0.2, -0.15) is 0 Å². The van der Waals surface area contributed by atoms with Crippen molar-refractivity contribution in [1.29, 1.82) is 0 Å². The van der Waals surface area contributed by atoms with Gasteiger partial charge in [0.05, 0.1) is 43.3 Å². The minimum absolute atomic E-state index is 0. The molecule has 0 unspecified atom stereocenters. The molecule has 5 N–H and O–H groups in total. The van der Waals surface area contributed by atoms with E-state index in [4.69, 9.17) is 0 Å². The fraction of sp³-hybridized carbons (Fsp3) is 0.833. The molecule has 15 heteroatoms. The molecule has 0 aliphatic carbocycles. The van der Waals surface area contributed by atoms with Crippen molar-refractivity contribution in [1.82, 2.24) is 19.6 Å². The Morgan fingerprint density at radius 2 is 0.970 bits per heavy atom. The molecule has 0 saturated carbocycles. The third-order valence-corrected chi connectivity index (χ3v) is 5.22. The molecule has 0 amide bonds. The van der Waals surface area contributed by atoms with Crippen LogP contribution >= 0.6 is 0 Å². The predicted molar refractivity (Wildman–Crippen MR) is 103 cm³/mol. The molecule has 1 rings (SSSR count). The molecular formula is C18H33GdN4O10. The zero-order chi connectivity index (χ0) is 23.4. The Kier molecular flexibility index (Phi) is 19.6. The molecule has 1 heterocycles. The van der Waals surface area contributed by atoms with E-state index in [1.807, 2.05) is 0 Å².